The van der Waals surface area contributed by atoms with Crippen LogP contribution in [-0.4, -0.2) is 28.8 Å². The number of nitrogens with zero attached hydrogens (tertiary/aromatic N) is 1. The van der Waals surface area contributed by atoms with Crippen LogP contribution in [0.4, 0.5) is 0 Å². The first-order valence-electron chi connectivity index (χ1n) is 5.24. The number of carbonyl (C=O) groups excluding carboxylic acids is 1. The van der Waals surface area contributed by atoms with Crippen LogP contribution in [-0.2, 0) is 10.1 Å². The lowest BCUT2D eigenvalue weighted by Crippen LogP contribution is -2.16. The van der Waals surface area contributed by atoms with Gasteiger partial charge in [-0.15, -0.1) is 0 Å². The summed E-state index contributed by atoms with van der Waals surface area (Å²) in [6, 6.07) is 5.73. The van der Waals surface area contributed by atoms with Crippen molar-refractivity contribution < 1.29 is 17.8 Å². The van der Waals surface area contributed by atoms with Crippen LogP contribution in [0.5, 0.6) is 0 Å². The summed E-state index contributed by atoms with van der Waals surface area (Å²) < 4.78 is 32.3. The van der Waals surface area contributed by atoms with Gasteiger partial charge in [0.05, 0.1) is 12.0 Å². The maximum atomic E-state index is 11.5. The molecule has 0 aliphatic heterocycles. The predicted octanol–water partition coefficient (Wildman–Crippen LogP) is 0.486. The molecule has 4 N–H and O–H groups in total. The average Bonchev–Trinajstić information content (AvgIpc) is 2.81. The second-order valence-electron chi connectivity index (χ2n) is 3.88. The van der Waals surface area contributed by atoms with Crippen LogP contribution < -0.4 is 5.73 Å². The number of benzene rings is 1. The van der Waals surface area contributed by atoms with Crippen molar-refractivity contribution in [2.75, 3.05) is 0 Å². The summed E-state index contributed by atoms with van der Waals surface area (Å²) in [6.07, 6.45) is 2.65. The summed E-state index contributed by atoms with van der Waals surface area (Å²) in [7, 11) is -4.42. The Balaban J connectivity index is 2.57. The van der Waals surface area contributed by atoms with E-state index in [0.29, 0.717) is 0 Å². The third kappa shape index (κ3) is 2.80. The number of nitrogens with one attached hydrogen (secondary N) is 1. The van der Waals surface area contributed by atoms with Crippen molar-refractivity contribution in [2.45, 2.75) is 5.25 Å². The highest BCUT2D eigenvalue weighted by Crippen LogP contribution is 2.28. The molecule has 19 heavy (non-hydrogen) atoms. The first-order valence-corrected chi connectivity index (χ1v) is 6.74. The summed E-state index contributed by atoms with van der Waals surface area (Å²) in [5.41, 5.74) is 5.63. The third-order valence-electron chi connectivity index (χ3n) is 2.56. The number of nitrogens with two attached hydrogens (primary N) is 1. The van der Waals surface area contributed by atoms with Crippen molar-refractivity contribution >= 4 is 16.0 Å². The highest BCUT2D eigenvalue weighted by molar-refractivity contribution is 7.86. The Labute approximate surface area is 109 Å². The van der Waals surface area contributed by atoms with Crippen LogP contribution in [0.15, 0.2) is 36.8 Å². The SMILES string of the molecule is NC(=O)c1cccc(C(c2c[nH]cn2)S(=O)(=O)O)c1. The highest BCUT2D eigenvalue weighted by atomic mass is 32.2. The largest absolute Gasteiger partial charge is 0.366 e. The van der Waals surface area contributed by atoms with Gasteiger partial charge in [0, 0.05) is 11.8 Å². The average molecular weight is 281 g/mol. The van der Waals surface area contributed by atoms with Crippen LogP contribution in [0.1, 0.15) is 26.9 Å². The normalized spacial score (nSPS) is 13.1. The van der Waals surface area contributed by atoms with E-state index in [4.69, 9.17) is 5.73 Å². The van der Waals surface area contributed by atoms with Gasteiger partial charge >= 0.3 is 0 Å². The van der Waals surface area contributed by atoms with Gasteiger partial charge in [0.1, 0.15) is 0 Å². The molecule has 2 rings (SSSR count). The van der Waals surface area contributed by atoms with E-state index < -0.39 is 21.3 Å². The van der Waals surface area contributed by atoms with Crippen molar-refractivity contribution in [3.05, 3.63) is 53.6 Å². The van der Waals surface area contributed by atoms with Gasteiger partial charge in [-0.1, -0.05) is 12.1 Å². The first-order chi connectivity index (χ1) is 8.89. The fourth-order valence-corrected chi connectivity index (χ4v) is 2.69. The Morgan fingerprint density at radius 1 is 1.42 bits per heavy atom. The summed E-state index contributed by atoms with van der Waals surface area (Å²) in [6.45, 7) is 0. The number of hydrogen-bond donors (Lipinski definition) is 3. The van der Waals surface area contributed by atoms with Gasteiger partial charge < -0.3 is 10.7 Å². The maximum absolute atomic E-state index is 11.5. The fourth-order valence-electron chi connectivity index (χ4n) is 1.77. The zero-order chi connectivity index (χ0) is 14.0. The molecule has 1 unspecified atom stereocenters. The van der Waals surface area contributed by atoms with Crippen LogP contribution in [0.3, 0.4) is 0 Å². The lowest BCUT2D eigenvalue weighted by atomic mass is 10.1. The van der Waals surface area contributed by atoms with Crippen molar-refractivity contribution in [2.24, 2.45) is 5.73 Å². The zero-order valence-corrected chi connectivity index (χ0v) is 10.5. The summed E-state index contributed by atoms with van der Waals surface area (Å²) in [4.78, 5) is 17.5. The number of carbonyl (C=O) groups is 1. The van der Waals surface area contributed by atoms with Gasteiger partial charge in [0.2, 0.25) is 5.91 Å². The molecule has 0 aliphatic carbocycles. The molecule has 1 aromatic heterocycles. The van der Waals surface area contributed by atoms with E-state index in [-0.39, 0.29) is 16.8 Å². The molecular formula is C11H11N3O4S. The second kappa shape index (κ2) is 4.82. The van der Waals surface area contributed by atoms with Gasteiger partial charge in [-0.25, -0.2) is 4.98 Å². The number of hydrogen-bond acceptors (Lipinski definition) is 4. The molecule has 7 nitrogen and oxygen atoms in total. The van der Waals surface area contributed by atoms with E-state index in [9.17, 15) is 17.8 Å². The number of aromatic amines is 1. The van der Waals surface area contributed by atoms with Gasteiger partial charge in [0.25, 0.3) is 10.1 Å². The summed E-state index contributed by atoms with van der Waals surface area (Å²) in [5, 5.41) is -1.36. The minimum Gasteiger partial charge on any atom is -0.366 e. The molecule has 8 heteroatoms. The van der Waals surface area contributed by atoms with Crippen molar-refractivity contribution in [1.82, 2.24) is 9.97 Å². The predicted molar refractivity (Wildman–Crippen MR) is 66.9 cm³/mol. The van der Waals surface area contributed by atoms with Crippen molar-refractivity contribution in [1.29, 1.82) is 0 Å². The Kier molecular flexibility index (Phi) is 3.36. The van der Waals surface area contributed by atoms with E-state index in [1.54, 1.807) is 0 Å². The minimum atomic E-state index is -4.42. The van der Waals surface area contributed by atoms with E-state index in [1.165, 1.54) is 36.8 Å². The molecular weight excluding hydrogens is 270 g/mol. The minimum absolute atomic E-state index is 0.129. The van der Waals surface area contributed by atoms with Crippen LogP contribution in [0, 0.1) is 0 Å². The molecule has 1 heterocycles. The van der Waals surface area contributed by atoms with E-state index in [1.807, 2.05) is 0 Å². The number of primary amides is 1. The molecule has 0 bridgehead atoms. The maximum Gasteiger partial charge on any atom is 0.277 e. The molecule has 1 atom stereocenters. The highest BCUT2D eigenvalue weighted by Gasteiger charge is 2.29. The monoisotopic (exact) mass is 281 g/mol. The van der Waals surface area contributed by atoms with E-state index >= 15 is 0 Å². The van der Waals surface area contributed by atoms with Crippen LogP contribution >= 0.6 is 0 Å². The Morgan fingerprint density at radius 2 is 2.16 bits per heavy atom. The molecule has 1 aromatic carbocycles. The number of imidazole rings is 1. The Bertz CT molecular complexity index is 694. The molecule has 100 valence electrons. The third-order valence-corrected chi connectivity index (χ3v) is 3.67. The quantitative estimate of drug-likeness (QED) is 0.703. The molecule has 0 saturated heterocycles. The topological polar surface area (TPSA) is 126 Å². The van der Waals surface area contributed by atoms with Crippen LogP contribution in [0.25, 0.3) is 0 Å². The molecule has 0 fully saturated rings. The zero-order valence-electron chi connectivity index (χ0n) is 9.65. The second-order valence-corrected chi connectivity index (χ2v) is 5.38. The van der Waals surface area contributed by atoms with E-state index in [0.717, 1.165) is 0 Å². The lowest BCUT2D eigenvalue weighted by Gasteiger charge is -2.12. The summed E-state index contributed by atoms with van der Waals surface area (Å²) in [5.74, 6) is -0.682. The molecule has 0 aliphatic rings. The number of aromatic nitrogens is 2. The molecule has 0 radical (unpaired) electrons. The van der Waals surface area contributed by atoms with Gasteiger partial charge in [-0.05, 0) is 17.7 Å². The summed E-state index contributed by atoms with van der Waals surface area (Å²) >= 11 is 0. The van der Waals surface area contributed by atoms with Crippen LogP contribution in [0.2, 0.25) is 0 Å². The lowest BCUT2D eigenvalue weighted by molar-refractivity contribution is 0.1000. The number of rotatable bonds is 4. The molecule has 0 spiro atoms. The molecule has 0 saturated carbocycles. The van der Waals surface area contributed by atoms with E-state index in [2.05, 4.69) is 9.97 Å². The smallest absolute Gasteiger partial charge is 0.277 e. The molecule has 2 aromatic rings. The van der Waals surface area contributed by atoms with Gasteiger partial charge in [-0.3, -0.25) is 9.35 Å². The molecule has 1 amide bonds. The standard InChI is InChI=1S/C11H11N3O4S/c12-11(15)8-3-1-2-7(4-8)10(19(16,17)18)9-5-13-6-14-9/h1-6,10H,(H2,12,15)(H,13,14)(H,16,17,18). The van der Waals surface area contributed by atoms with Gasteiger partial charge in [-0.2, -0.15) is 8.42 Å². The van der Waals surface area contributed by atoms with Crippen molar-refractivity contribution in [3.63, 3.8) is 0 Å². The fraction of sp³-hybridized carbons (Fsp3) is 0.0909. The number of H-pyrrole nitrogens is 1. The Morgan fingerprint density at radius 3 is 2.68 bits per heavy atom. The van der Waals surface area contributed by atoms with Gasteiger partial charge in [0.15, 0.2) is 5.25 Å². The number of amides is 1. The Hall–Kier alpha value is -2.19. The first kappa shape index (κ1) is 13.2. The van der Waals surface area contributed by atoms with Crippen molar-refractivity contribution in [3.8, 4) is 0 Å².